The number of benzene rings is 1. The van der Waals surface area contributed by atoms with Gasteiger partial charge in [0.05, 0.1) is 11.0 Å². The standard InChI is InChI=1S/C36H56BN2O3S.C8H18/c1-7-11-27-22-29(23-27)39-31-24-28(37-42-34(3,4)35(5,6)43)16-17-30(31)36(33(39)41)18-20-38(21-19-36)32(40)25(2)12-8-9-13-26-14-10-15-26;1-5-7-8(3,4)6-2/h16-17,24-27,29,43H,7-15,18-23H2,1-6H3;5-7H2,1-4H3. The molecular formula is C44H74BN2O3S. The molecular weight excluding hydrogens is 647 g/mol. The van der Waals surface area contributed by atoms with E-state index in [0.29, 0.717) is 37.3 Å². The molecule has 1 saturated heterocycles. The molecule has 1 spiro atoms. The van der Waals surface area contributed by atoms with Crippen LogP contribution in [0.1, 0.15) is 178 Å². The fourth-order valence-corrected chi connectivity index (χ4v) is 8.56. The van der Waals surface area contributed by atoms with E-state index < -0.39 is 11.0 Å². The van der Waals surface area contributed by atoms with E-state index in [2.05, 4.69) is 97.2 Å². The van der Waals surface area contributed by atoms with Gasteiger partial charge in [0.1, 0.15) is 0 Å². The Labute approximate surface area is 319 Å². The van der Waals surface area contributed by atoms with Crippen molar-refractivity contribution in [1.82, 2.24) is 4.90 Å². The Bertz CT molecular complexity index is 1290. The van der Waals surface area contributed by atoms with Gasteiger partial charge in [0.2, 0.25) is 11.8 Å². The van der Waals surface area contributed by atoms with Gasteiger partial charge in [-0.15, -0.1) is 0 Å². The number of thiol groups is 1. The summed E-state index contributed by atoms with van der Waals surface area (Å²) in [6.45, 7) is 23.1. The summed E-state index contributed by atoms with van der Waals surface area (Å²) in [5, 5.41) is 0. The van der Waals surface area contributed by atoms with E-state index in [0.717, 1.165) is 48.3 Å². The summed E-state index contributed by atoms with van der Waals surface area (Å²) in [7, 11) is 1.83. The van der Waals surface area contributed by atoms with E-state index in [4.69, 9.17) is 17.3 Å². The van der Waals surface area contributed by atoms with E-state index in [1.165, 1.54) is 64.2 Å². The normalized spacial score (nSPS) is 22.5. The second-order valence-corrected chi connectivity index (χ2v) is 19.8. The third-order valence-corrected chi connectivity index (χ3v) is 14.2. The van der Waals surface area contributed by atoms with Crippen LogP contribution in [0.2, 0.25) is 0 Å². The molecule has 7 heteroatoms. The van der Waals surface area contributed by atoms with Crippen LogP contribution in [0.3, 0.4) is 0 Å². The highest BCUT2D eigenvalue weighted by atomic mass is 32.1. The molecule has 2 aliphatic heterocycles. The summed E-state index contributed by atoms with van der Waals surface area (Å²) < 4.78 is 5.94. The Kier molecular flexibility index (Phi) is 14.7. The molecule has 5 nitrogen and oxygen atoms in total. The second kappa shape index (κ2) is 17.8. The Morgan fingerprint density at radius 2 is 1.65 bits per heavy atom. The highest BCUT2D eigenvalue weighted by Crippen LogP contribution is 2.51. The molecule has 1 aromatic rings. The minimum atomic E-state index is -0.528. The highest BCUT2D eigenvalue weighted by Gasteiger charge is 2.55. The molecule has 0 N–H and O–H groups in total. The number of unbranched alkanes of at least 4 members (excludes halogenated alkanes) is 1. The van der Waals surface area contributed by atoms with Crippen LogP contribution >= 0.6 is 12.6 Å². The minimum Gasteiger partial charge on any atom is -0.428 e. The van der Waals surface area contributed by atoms with Gasteiger partial charge < -0.3 is 14.5 Å². The Balaban J connectivity index is 0.000000652. The van der Waals surface area contributed by atoms with Crippen molar-refractivity contribution in [2.75, 3.05) is 18.0 Å². The number of amides is 2. The lowest BCUT2D eigenvalue weighted by atomic mass is 9.72. The van der Waals surface area contributed by atoms with Gasteiger partial charge in [-0.3, -0.25) is 9.59 Å². The van der Waals surface area contributed by atoms with Crippen molar-refractivity contribution in [2.45, 2.75) is 194 Å². The summed E-state index contributed by atoms with van der Waals surface area (Å²) in [6, 6.07) is 6.71. The fourth-order valence-electron chi connectivity index (χ4n) is 8.50. The zero-order valence-electron chi connectivity index (χ0n) is 34.4. The first kappa shape index (κ1) is 42.3. The van der Waals surface area contributed by atoms with Crippen LogP contribution in [-0.2, 0) is 19.7 Å². The van der Waals surface area contributed by atoms with Crippen molar-refractivity contribution in [3.05, 3.63) is 23.8 Å². The Morgan fingerprint density at radius 3 is 2.18 bits per heavy atom. The first-order valence-electron chi connectivity index (χ1n) is 21.0. The molecule has 3 fully saturated rings. The van der Waals surface area contributed by atoms with Crippen LogP contribution < -0.4 is 10.4 Å². The van der Waals surface area contributed by atoms with Gasteiger partial charge in [0.25, 0.3) is 0 Å². The lowest BCUT2D eigenvalue weighted by Crippen LogP contribution is -2.54. The first-order valence-corrected chi connectivity index (χ1v) is 21.4. The van der Waals surface area contributed by atoms with Crippen molar-refractivity contribution in [1.29, 1.82) is 0 Å². The van der Waals surface area contributed by atoms with Crippen molar-refractivity contribution in [3.63, 3.8) is 0 Å². The third-order valence-electron chi connectivity index (χ3n) is 13.6. The number of anilines is 1. The Morgan fingerprint density at radius 1 is 0.980 bits per heavy atom. The topological polar surface area (TPSA) is 49.9 Å². The number of carbonyl (C=O) groups is 2. The molecule has 0 bridgehead atoms. The van der Waals surface area contributed by atoms with E-state index in [9.17, 15) is 9.59 Å². The zero-order valence-corrected chi connectivity index (χ0v) is 35.3. The lowest BCUT2D eigenvalue weighted by Gasteiger charge is -2.43. The number of hydrogen-bond donors (Lipinski definition) is 1. The predicted molar refractivity (Wildman–Crippen MR) is 220 cm³/mol. The van der Waals surface area contributed by atoms with Crippen LogP contribution in [-0.4, -0.2) is 53.7 Å². The first-order chi connectivity index (χ1) is 24.0. The fraction of sp³-hybridized carbons (Fsp3) is 0.818. The van der Waals surface area contributed by atoms with Crippen molar-refractivity contribution in [2.24, 2.45) is 23.2 Å². The van der Waals surface area contributed by atoms with Gasteiger partial charge in [-0.05, 0) is 95.1 Å². The number of rotatable bonds is 16. The van der Waals surface area contributed by atoms with Gasteiger partial charge >= 0.3 is 7.48 Å². The average Bonchev–Trinajstić information content (AvgIpc) is 3.26. The quantitative estimate of drug-likeness (QED) is 0.105. The van der Waals surface area contributed by atoms with Crippen LogP contribution in [0, 0.1) is 23.2 Å². The molecule has 2 saturated carbocycles. The number of nitrogens with zero attached hydrogens (tertiary/aromatic N) is 2. The third kappa shape index (κ3) is 10.2. The summed E-state index contributed by atoms with van der Waals surface area (Å²) in [4.78, 5) is 32.1. The molecule has 5 rings (SSSR count). The van der Waals surface area contributed by atoms with Crippen LogP contribution in [0.25, 0.3) is 0 Å². The van der Waals surface area contributed by atoms with E-state index >= 15 is 0 Å². The van der Waals surface area contributed by atoms with Gasteiger partial charge in [0, 0.05) is 35.5 Å². The monoisotopic (exact) mass is 722 g/mol. The predicted octanol–water partition coefficient (Wildman–Crippen LogP) is 10.4. The maximum atomic E-state index is 14.4. The maximum Gasteiger partial charge on any atom is 0.330 e. The summed E-state index contributed by atoms with van der Waals surface area (Å²) >= 11 is 4.75. The van der Waals surface area contributed by atoms with Crippen molar-refractivity contribution < 1.29 is 14.2 Å². The van der Waals surface area contributed by atoms with Crippen LogP contribution in [0.15, 0.2) is 18.2 Å². The molecule has 1 unspecified atom stereocenters. The van der Waals surface area contributed by atoms with Crippen molar-refractivity contribution >= 4 is 43.1 Å². The number of piperidine rings is 1. The average molecular weight is 722 g/mol. The maximum absolute atomic E-state index is 14.4. The molecule has 1 radical (unpaired) electrons. The molecule has 0 aromatic heterocycles. The number of fused-ring (bicyclic) bond motifs is 2. The number of likely N-dealkylation sites (tertiary alicyclic amines) is 1. The molecule has 51 heavy (non-hydrogen) atoms. The van der Waals surface area contributed by atoms with Crippen molar-refractivity contribution in [3.8, 4) is 0 Å². The summed E-state index contributed by atoms with van der Waals surface area (Å²) in [5.74, 6) is 2.26. The molecule has 2 heterocycles. The van der Waals surface area contributed by atoms with Gasteiger partial charge in [-0.1, -0.05) is 123 Å². The molecule has 2 aliphatic carbocycles. The smallest absolute Gasteiger partial charge is 0.330 e. The molecule has 1 atom stereocenters. The second-order valence-electron chi connectivity index (χ2n) is 18.7. The molecule has 2 amide bonds. The summed E-state index contributed by atoms with van der Waals surface area (Å²) in [5.41, 5.74) is 2.79. The van der Waals surface area contributed by atoms with E-state index in [1.807, 2.05) is 7.48 Å². The number of carbonyl (C=O) groups excluding carboxylic acids is 2. The van der Waals surface area contributed by atoms with Gasteiger partial charge in [-0.2, -0.15) is 12.6 Å². The SMILES string of the molecule is CCCC(C)(C)CC.CCCC1CC(N2C(=O)C3(CCN(C(=O)C(C)CCCCC4CCC4)CC3)c3ccc([B]OC(C)(C)C(C)(C)S)cc32)C1. The lowest BCUT2D eigenvalue weighted by molar-refractivity contribution is -0.139. The van der Waals surface area contributed by atoms with E-state index in [1.54, 1.807) is 0 Å². The van der Waals surface area contributed by atoms with Crippen LogP contribution in [0.4, 0.5) is 5.69 Å². The van der Waals surface area contributed by atoms with Crippen LogP contribution in [0.5, 0.6) is 0 Å². The summed E-state index contributed by atoms with van der Waals surface area (Å²) in [6.07, 6.45) is 18.9. The van der Waals surface area contributed by atoms with Gasteiger partial charge in [-0.25, -0.2) is 0 Å². The largest absolute Gasteiger partial charge is 0.428 e. The van der Waals surface area contributed by atoms with Gasteiger partial charge in [0.15, 0.2) is 0 Å². The highest BCUT2D eigenvalue weighted by molar-refractivity contribution is 7.81. The van der Waals surface area contributed by atoms with E-state index in [-0.39, 0.29) is 28.5 Å². The zero-order chi connectivity index (χ0) is 37.6. The molecule has 1 aromatic carbocycles. The minimum absolute atomic E-state index is 0.0635. The molecule has 287 valence electrons. The Hall–Kier alpha value is -1.47. The number of hydrogen-bond acceptors (Lipinski definition) is 4. The molecule has 4 aliphatic rings.